The molecule has 1 heterocycles. The molecule has 0 unspecified atom stereocenters. The van der Waals surface area contributed by atoms with E-state index in [-0.39, 0.29) is 0 Å². The molecule has 0 bridgehead atoms. The minimum atomic E-state index is -0.960. The van der Waals surface area contributed by atoms with Gasteiger partial charge in [0.15, 0.2) is 0 Å². The highest BCUT2D eigenvalue weighted by atomic mass is 16.4. The molecule has 1 rings (SSSR count). The zero-order chi connectivity index (χ0) is 8.27. The lowest BCUT2D eigenvalue weighted by molar-refractivity contribution is 0.219. The second kappa shape index (κ2) is 3.23. The van der Waals surface area contributed by atoms with Crippen LogP contribution in [0.4, 0.5) is 4.79 Å². The van der Waals surface area contributed by atoms with E-state index < -0.39 is 5.87 Å². The Labute approximate surface area is 65.1 Å². The molecule has 0 fully saturated rings. The molecule has 0 amide bonds. The van der Waals surface area contributed by atoms with Gasteiger partial charge in [0.05, 0.1) is 5.82 Å². The smallest absolute Gasteiger partial charge is 0.398 e. The molecule has 4 nitrogen and oxygen atoms in total. The van der Waals surface area contributed by atoms with Gasteiger partial charge >= 0.3 is 7.41 Å². The van der Waals surface area contributed by atoms with Crippen molar-refractivity contribution in [2.45, 2.75) is 13.3 Å². The summed E-state index contributed by atoms with van der Waals surface area (Å²) in [6.07, 6.45) is 3.93. The highest BCUT2D eigenvalue weighted by molar-refractivity contribution is 6.70. The molecule has 0 aliphatic carbocycles. The van der Waals surface area contributed by atoms with Gasteiger partial charge in [-0.15, -0.1) is 0 Å². The molecular formula is C6H8BN2O2. The second-order valence-corrected chi connectivity index (χ2v) is 2.07. The first kappa shape index (κ1) is 7.85. The summed E-state index contributed by atoms with van der Waals surface area (Å²) in [5.41, 5.74) is 0. The normalized spacial score (nSPS) is 9.55. The Balaban J connectivity index is 2.76. The topological polar surface area (TPSA) is 55.1 Å². The lowest BCUT2D eigenvalue weighted by atomic mass is 9.95. The van der Waals surface area contributed by atoms with Crippen LogP contribution in [0, 0.1) is 0 Å². The van der Waals surface area contributed by atoms with Gasteiger partial charge in [-0.25, -0.2) is 4.98 Å². The van der Waals surface area contributed by atoms with Crippen molar-refractivity contribution in [3.8, 4) is 0 Å². The molecule has 0 spiro atoms. The summed E-state index contributed by atoms with van der Waals surface area (Å²) in [4.78, 5) is 14.2. The van der Waals surface area contributed by atoms with E-state index in [1.54, 1.807) is 12.4 Å². The van der Waals surface area contributed by atoms with Crippen molar-refractivity contribution in [2.75, 3.05) is 0 Å². The van der Waals surface area contributed by atoms with E-state index in [9.17, 15) is 4.79 Å². The van der Waals surface area contributed by atoms with Crippen molar-refractivity contribution in [3.63, 3.8) is 0 Å². The van der Waals surface area contributed by atoms with E-state index in [1.165, 1.54) is 4.48 Å². The highest BCUT2D eigenvalue weighted by Gasteiger charge is 2.06. The van der Waals surface area contributed by atoms with Gasteiger partial charge in [0, 0.05) is 18.8 Å². The number of carbonyl (C=O) groups is 1. The van der Waals surface area contributed by atoms with E-state index in [1.807, 2.05) is 6.92 Å². The van der Waals surface area contributed by atoms with Crippen LogP contribution in [0.15, 0.2) is 12.4 Å². The fourth-order valence-corrected chi connectivity index (χ4v) is 0.854. The number of aromatic nitrogens is 2. The minimum Gasteiger partial charge on any atom is -0.488 e. The third-order valence-electron chi connectivity index (χ3n) is 1.31. The van der Waals surface area contributed by atoms with Gasteiger partial charge < -0.3 is 9.58 Å². The third kappa shape index (κ3) is 1.83. The highest BCUT2D eigenvalue weighted by Crippen LogP contribution is 1.94. The van der Waals surface area contributed by atoms with Crippen LogP contribution in [0.1, 0.15) is 12.7 Å². The first-order chi connectivity index (χ1) is 5.24. The van der Waals surface area contributed by atoms with Crippen molar-refractivity contribution in [3.05, 3.63) is 18.2 Å². The van der Waals surface area contributed by atoms with Gasteiger partial charge in [-0.3, -0.25) is 4.79 Å². The zero-order valence-corrected chi connectivity index (χ0v) is 6.19. The van der Waals surface area contributed by atoms with Crippen LogP contribution in [-0.4, -0.2) is 27.9 Å². The first-order valence-corrected chi connectivity index (χ1v) is 3.33. The molecule has 0 saturated carbocycles. The van der Waals surface area contributed by atoms with E-state index in [2.05, 4.69) is 4.98 Å². The second-order valence-electron chi connectivity index (χ2n) is 2.07. The lowest BCUT2D eigenvalue weighted by Gasteiger charge is -1.98. The Morgan fingerprint density at radius 3 is 3.18 bits per heavy atom. The molecule has 0 aliphatic heterocycles. The molecule has 0 saturated heterocycles. The molecule has 1 aromatic heterocycles. The largest absolute Gasteiger partial charge is 0.488 e. The van der Waals surface area contributed by atoms with Crippen LogP contribution >= 0.6 is 0 Å². The van der Waals surface area contributed by atoms with Gasteiger partial charge in [0.1, 0.15) is 0 Å². The number of aryl methyl sites for hydroxylation is 1. The van der Waals surface area contributed by atoms with E-state index >= 15 is 0 Å². The van der Waals surface area contributed by atoms with Gasteiger partial charge in [0.2, 0.25) is 0 Å². The van der Waals surface area contributed by atoms with Gasteiger partial charge in [-0.2, -0.15) is 0 Å². The summed E-state index contributed by atoms with van der Waals surface area (Å²) in [5, 5.41) is 8.40. The Hall–Kier alpha value is -1.26. The summed E-state index contributed by atoms with van der Waals surface area (Å²) >= 11 is 0. The van der Waals surface area contributed by atoms with Crippen LogP contribution in [-0.2, 0) is 6.42 Å². The maximum absolute atomic E-state index is 10.2. The maximum Gasteiger partial charge on any atom is 0.398 e. The van der Waals surface area contributed by atoms with Crippen LogP contribution in [0.2, 0.25) is 0 Å². The van der Waals surface area contributed by atoms with E-state index in [0.717, 1.165) is 19.7 Å². The average Bonchev–Trinajstić information content (AvgIpc) is 2.34. The summed E-state index contributed by atoms with van der Waals surface area (Å²) in [7, 11) is 1.09. The van der Waals surface area contributed by atoms with Gasteiger partial charge in [-0.05, 0) is 0 Å². The predicted molar refractivity (Wildman–Crippen MR) is 40.8 cm³/mol. The number of nitrogens with zero attached hydrogens (tertiary/aromatic N) is 2. The van der Waals surface area contributed by atoms with Crippen molar-refractivity contribution in [1.29, 1.82) is 0 Å². The standard InChI is InChI=1S/C6H8BN2O2/c1-2-5-8-3-4-9(5)7-6(10)11/h3-4H,2H2,1H3,(H,10,11). The van der Waals surface area contributed by atoms with E-state index in [4.69, 9.17) is 5.11 Å². The van der Waals surface area contributed by atoms with Crippen LogP contribution in [0.25, 0.3) is 0 Å². The zero-order valence-electron chi connectivity index (χ0n) is 6.19. The molecule has 57 valence electrons. The molecule has 1 aromatic rings. The number of hydrogen-bond acceptors (Lipinski definition) is 2. The summed E-state index contributed by atoms with van der Waals surface area (Å²) < 4.78 is 1.50. The minimum absolute atomic E-state index is 0.733. The van der Waals surface area contributed by atoms with Crippen molar-refractivity contribution in [1.82, 2.24) is 9.46 Å². The van der Waals surface area contributed by atoms with Gasteiger partial charge in [0.25, 0.3) is 5.87 Å². The molecule has 0 atom stereocenters. The monoisotopic (exact) mass is 151 g/mol. The molecule has 11 heavy (non-hydrogen) atoms. The van der Waals surface area contributed by atoms with Crippen LogP contribution < -0.4 is 0 Å². The molecule has 0 aliphatic rings. The molecule has 5 heteroatoms. The van der Waals surface area contributed by atoms with Crippen LogP contribution in [0.5, 0.6) is 0 Å². The Kier molecular flexibility index (Phi) is 2.30. The summed E-state index contributed by atoms with van der Waals surface area (Å²) in [6.45, 7) is 1.93. The van der Waals surface area contributed by atoms with Crippen molar-refractivity contribution in [2.24, 2.45) is 0 Å². The SMILES string of the molecule is CCc1nccn1[B]C(=O)O. The quantitative estimate of drug-likeness (QED) is 0.643. The van der Waals surface area contributed by atoms with Crippen molar-refractivity contribution >= 4 is 13.3 Å². The fraction of sp³-hybridized carbons (Fsp3) is 0.333. The van der Waals surface area contributed by atoms with Crippen LogP contribution in [0.3, 0.4) is 0 Å². The predicted octanol–water partition coefficient (Wildman–Crippen LogP) is 0.591. The number of imidazole rings is 1. The molecule has 0 aromatic carbocycles. The molecule has 1 N–H and O–H groups in total. The summed E-state index contributed by atoms with van der Waals surface area (Å²) in [6, 6.07) is 0. The maximum atomic E-state index is 10.2. The Morgan fingerprint density at radius 1 is 1.91 bits per heavy atom. The van der Waals surface area contributed by atoms with Crippen molar-refractivity contribution < 1.29 is 9.90 Å². The lowest BCUT2D eigenvalue weighted by Crippen LogP contribution is -2.17. The third-order valence-corrected chi connectivity index (χ3v) is 1.31. The number of hydrogen-bond donors (Lipinski definition) is 1. The molecular weight excluding hydrogens is 143 g/mol. The Bertz CT molecular complexity index is 259. The van der Waals surface area contributed by atoms with Gasteiger partial charge in [-0.1, -0.05) is 6.92 Å². The Morgan fingerprint density at radius 2 is 2.64 bits per heavy atom. The van der Waals surface area contributed by atoms with E-state index in [0.29, 0.717) is 0 Å². The first-order valence-electron chi connectivity index (χ1n) is 3.33. The number of rotatable bonds is 3. The fourth-order valence-electron chi connectivity index (χ4n) is 0.854. The molecule has 1 radical (unpaired) electrons. The average molecular weight is 151 g/mol. The number of carboxylic acid groups (broad SMARTS) is 1. The summed E-state index contributed by atoms with van der Waals surface area (Å²) in [5.74, 6) is -0.204.